The Kier molecular flexibility index (Phi) is 5.73. The minimum atomic E-state index is -1.28. The van der Waals surface area contributed by atoms with Gasteiger partial charge in [-0.05, 0) is 41.7 Å². The summed E-state index contributed by atoms with van der Waals surface area (Å²) in [5, 5.41) is 13.3. The minimum Gasteiger partial charge on any atom is -0.481 e. The van der Waals surface area contributed by atoms with E-state index in [1.807, 2.05) is 13.8 Å². The lowest BCUT2D eigenvalue weighted by atomic mass is 9.73. The molecular formula is C23H21Cl2N3O4. The van der Waals surface area contributed by atoms with E-state index in [0.29, 0.717) is 34.0 Å². The molecule has 2 aromatic rings. The molecule has 1 aliphatic heterocycles. The first-order chi connectivity index (χ1) is 15.1. The smallest absolute Gasteiger partial charge is 0.312 e. The van der Waals surface area contributed by atoms with E-state index < -0.39 is 24.3 Å². The van der Waals surface area contributed by atoms with Crippen molar-refractivity contribution in [1.29, 1.82) is 0 Å². The lowest BCUT2D eigenvalue weighted by molar-refractivity contribution is -0.140. The molecule has 0 bridgehead atoms. The zero-order valence-electron chi connectivity index (χ0n) is 17.5. The molecule has 9 heteroatoms. The summed E-state index contributed by atoms with van der Waals surface area (Å²) in [4.78, 5) is 43.8. The van der Waals surface area contributed by atoms with E-state index in [9.17, 15) is 19.5 Å². The summed E-state index contributed by atoms with van der Waals surface area (Å²) in [6.45, 7) is 4.01. The van der Waals surface area contributed by atoms with Gasteiger partial charge in [-0.2, -0.15) is 0 Å². The molecule has 1 atom stereocenters. The second kappa shape index (κ2) is 8.22. The predicted molar refractivity (Wildman–Crippen MR) is 122 cm³/mol. The normalized spacial score (nSPS) is 19.6. The van der Waals surface area contributed by atoms with E-state index in [0.717, 1.165) is 0 Å². The standard InChI is InChI=1S/C23H21Cl2N3O4/c1-23(2)10-16-20(17(29)11-23)21(13-6-5-12(24)8-14(13)25)28(18(30)9-19(31)32)22-15(27-16)4-3-7-26-22/h3-8,21,27H,9-11H2,1-2H3,(H,31,32). The van der Waals surface area contributed by atoms with Gasteiger partial charge in [-0.3, -0.25) is 19.3 Å². The number of rotatable bonds is 3. The minimum absolute atomic E-state index is 0.138. The molecule has 7 nitrogen and oxygen atoms in total. The molecular weight excluding hydrogens is 453 g/mol. The van der Waals surface area contributed by atoms with Crippen molar-refractivity contribution in [3.63, 3.8) is 0 Å². The Labute approximate surface area is 195 Å². The van der Waals surface area contributed by atoms with Crippen LogP contribution >= 0.6 is 23.2 Å². The van der Waals surface area contributed by atoms with Crippen molar-refractivity contribution in [3.8, 4) is 0 Å². The maximum absolute atomic E-state index is 13.5. The van der Waals surface area contributed by atoms with Gasteiger partial charge in [0.05, 0.1) is 11.7 Å². The van der Waals surface area contributed by atoms with Crippen molar-refractivity contribution < 1.29 is 19.5 Å². The molecule has 1 amide bonds. The van der Waals surface area contributed by atoms with Gasteiger partial charge < -0.3 is 10.4 Å². The molecule has 1 unspecified atom stereocenters. The zero-order chi connectivity index (χ0) is 23.2. The molecule has 2 aliphatic rings. The van der Waals surface area contributed by atoms with Crippen LogP contribution < -0.4 is 10.2 Å². The summed E-state index contributed by atoms with van der Waals surface area (Å²) >= 11 is 12.6. The summed E-state index contributed by atoms with van der Waals surface area (Å²) in [6, 6.07) is 7.31. The van der Waals surface area contributed by atoms with E-state index >= 15 is 0 Å². The number of hydrogen-bond donors (Lipinski definition) is 2. The number of Topliss-reactive ketones (excluding diaryl/α,β-unsaturated/α-hetero) is 1. The fourth-order valence-electron chi connectivity index (χ4n) is 4.36. The van der Waals surface area contributed by atoms with Crippen LogP contribution in [0.25, 0.3) is 0 Å². The monoisotopic (exact) mass is 473 g/mol. The number of ketones is 1. The van der Waals surface area contributed by atoms with Gasteiger partial charge in [-0.15, -0.1) is 0 Å². The third kappa shape index (κ3) is 4.10. The van der Waals surface area contributed by atoms with Crippen molar-refractivity contribution in [2.45, 2.75) is 39.2 Å². The van der Waals surface area contributed by atoms with Gasteiger partial charge in [0.15, 0.2) is 11.6 Å². The number of fused-ring (bicyclic) bond motifs is 1. The van der Waals surface area contributed by atoms with E-state index in [-0.39, 0.29) is 28.5 Å². The highest BCUT2D eigenvalue weighted by Crippen LogP contribution is 2.49. The molecule has 1 aromatic heterocycles. The van der Waals surface area contributed by atoms with Gasteiger partial charge >= 0.3 is 5.97 Å². The summed E-state index contributed by atoms with van der Waals surface area (Å²) in [5.41, 5.74) is 1.74. The SMILES string of the molecule is CC1(C)CC(=O)C2=C(C1)Nc1cccnc1N(C(=O)CC(=O)O)C2c1ccc(Cl)cc1Cl. The highest BCUT2D eigenvalue weighted by atomic mass is 35.5. The number of carbonyl (C=O) groups is 3. The van der Waals surface area contributed by atoms with Gasteiger partial charge in [0.1, 0.15) is 6.42 Å². The highest BCUT2D eigenvalue weighted by molar-refractivity contribution is 6.35. The number of nitrogens with one attached hydrogen (secondary N) is 1. The van der Waals surface area contributed by atoms with E-state index in [4.69, 9.17) is 23.2 Å². The van der Waals surface area contributed by atoms with Crippen LogP contribution in [-0.2, 0) is 14.4 Å². The molecule has 32 heavy (non-hydrogen) atoms. The van der Waals surface area contributed by atoms with Crippen molar-refractivity contribution in [3.05, 3.63) is 63.4 Å². The lowest BCUT2D eigenvalue weighted by Crippen LogP contribution is -2.40. The second-order valence-corrected chi connectivity index (χ2v) is 9.58. The number of benzene rings is 1. The number of halogens is 2. The van der Waals surface area contributed by atoms with Crippen molar-refractivity contribution >= 4 is 52.4 Å². The molecule has 0 saturated heterocycles. The number of aliphatic carboxylic acids is 1. The van der Waals surface area contributed by atoms with Gasteiger partial charge in [0, 0.05) is 33.9 Å². The number of carbonyl (C=O) groups excluding carboxylic acids is 2. The quantitative estimate of drug-likeness (QED) is 0.607. The maximum Gasteiger partial charge on any atom is 0.312 e. The molecule has 4 rings (SSSR count). The summed E-state index contributed by atoms with van der Waals surface area (Å²) < 4.78 is 0. The molecule has 166 valence electrons. The number of carboxylic acid groups (broad SMARTS) is 1. The van der Waals surface area contributed by atoms with Crippen LogP contribution in [0.5, 0.6) is 0 Å². The van der Waals surface area contributed by atoms with Crippen molar-refractivity contribution in [2.75, 3.05) is 10.2 Å². The first kappa shape index (κ1) is 22.3. The number of anilines is 2. The Bertz CT molecular complexity index is 1180. The molecule has 0 saturated carbocycles. The first-order valence-electron chi connectivity index (χ1n) is 10.0. The van der Waals surface area contributed by atoms with Gasteiger partial charge in [-0.25, -0.2) is 4.98 Å². The Morgan fingerprint density at radius 1 is 1.25 bits per heavy atom. The Hall–Kier alpha value is -2.90. The van der Waals surface area contributed by atoms with Crippen LogP contribution in [0.15, 0.2) is 47.8 Å². The average Bonchev–Trinajstić information content (AvgIpc) is 2.80. The number of pyridine rings is 1. The van der Waals surface area contributed by atoms with E-state index in [1.54, 1.807) is 24.3 Å². The third-order valence-corrected chi connectivity index (χ3v) is 6.14. The summed E-state index contributed by atoms with van der Waals surface area (Å²) in [7, 11) is 0. The molecule has 0 radical (unpaired) electrons. The van der Waals surface area contributed by atoms with Crippen LogP contribution in [0.4, 0.5) is 11.5 Å². The van der Waals surface area contributed by atoms with Crippen LogP contribution in [0.3, 0.4) is 0 Å². The van der Waals surface area contributed by atoms with Gasteiger partial charge in [0.25, 0.3) is 0 Å². The third-order valence-electron chi connectivity index (χ3n) is 5.58. The Morgan fingerprint density at radius 3 is 2.69 bits per heavy atom. The van der Waals surface area contributed by atoms with Crippen molar-refractivity contribution in [1.82, 2.24) is 4.98 Å². The molecule has 1 aromatic carbocycles. The van der Waals surface area contributed by atoms with Crippen LogP contribution in [0.1, 0.15) is 44.7 Å². The topological polar surface area (TPSA) is 99.6 Å². The molecule has 2 N–H and O–H groups in total. The van der Waals surface area contributed by atoms with Gasteiger partial charge in [-0.1, -0.05) is 43.1 Å². The number of allylic oxidation sites excluding steroid dienone is 1. The lowest BCUT2D eigenvalue weighted by Gasteiger charge is -2.37. The number of nitrogens with zero attached hydrogens (tertiary/aromatic N) is 2. The molecule has 0 spiro atoms. The fourth-order valence-corrected chi connectivity index (χ4v) is 4.87. The second-order valence-electron chi connectivity index (χ2n) is 8.74. The predicted octanol–water partition coefficient (Wildman–Crippen LogP) is 5.01. The van der Waals surface area contributed by atoms with E-state index in [2.05, 4.69) is 10.3 Å². The van der Waals surface area contributed by atoms with Gasteiger partial charge in [0.2, 0.25) is 5.91 Å². The van der Waals surface area contributed by atoms with Crippen molar-refractivity contribution in [2.24, 2.45) is 5.41 Å². The van der Waals surface area contributed by atoms with Crippen LogP contribution in [0.2, 0.25) is 10.0 Å². The fraction of sp³-hybridized carbons (Fsp3) is 0.304. The highest BCUT2D eigenvalue weighted by Gasteiger charge is 2.44. The summed E-state index contributed by atoms with van der Waals surface area (Å²) in [5.74, 6) is -1.90. The number of amides is 1. The Balaban J connectivity index is 2.03. The molecule has 2 heterocycles. The van der Waals surface area contributed by atoms with Crippen LogP contribution in [-0.4, -0.2) is 27.8 Å². The van der Waals surface area contributed by atoms with Crippen LogP contribution in [0, 0.1) is 5.41 Å². The number of carboxylic acids is 1. The Morgan fingerprint density at radius 2 is 2.00 bits per heavy atom. The first-order valence-corrected chi connectivity index (χ1v) is 10.8. The average molecular weight is 474 g/mol. The van der Waals surface area contributed by atoms with E-state index in [1.165, 1.54) is 17.2 Å². The molecule has 1 aliphatic carbocycles. The summed E-state index contributed by atoms with van der Waals surface area (Å²) in [6.07, 6.45) is 1.59. The number of hydrogen-bond acceptors (Lipinski definition) is 5. The number of aromatic nitrogens is 1. The zero-order valence-corrected chi connectivity index (χ0v) is 19.0. The maximum atomic E-state index is 13.5. The largest absolute Gasteiger partial charge is 0.481 e. The molecule has 0 fully saturated rings.